The second-order valence-electron chi connectivity index (χ2n) is 7.14. The molecular weight excluding hydrogens is 388 g/mol. The molecule has 0 spiro atoms. The molecule has 0 saturated carbocycles. The molecule has 0 fully saturated rings. The van der Waals surface area contributed by atoms with Gasteiger partial charge in [-0.05, 0) is 29.3 Å². The van der Waals surface area contributed by atoms with E-state index in [1.54, 1.807) is 12.4 Å². The molecule has 0 bridgehead atoms. The number of nitrogens with zero attached hydrogens (tertiary/aromatic N) is 1. The molecule has 6 heteroatoms. The first-order valence-corrected chi connectivity index (χ1v) is 9.77. The Morgan fingerprint density at radius 2 is 1.86 bits per heavy atom. The third-order valence-electron chi connectivity index (χ3n) is 5.17. The summed E-state index contributed by atoms with van der Waals surface area (Å²) in [6.45, 7) is 1.91. The Kier molecular flexibility index (Phi) is 4.54. The Labute approximate surface area is 172 Å². The van der Waals surface area contributed by atoms with Crippen LogP contribution in [0.4, 0.5) is 0 Å². The molecule has 1 atom stereocenters. The molecule has 2 aromatic heterocycles. The van der Waals surface area contributed by atoms with Crippen molar-refractivity contribution < 1.29 is 14.1 Å². The molecule has 5 rings (SSSR count). The zero-order valence-corrected chi connectivity index (χ0v) is 16.3. The van der Waals surface area contributed by atoms with Crippen LogP contribution in [0.2, 0.25) is 5.02 Å². The normalized spacial score (nSPS) is 15.7. The Morgan fingerprint density at radius 1 is 1.07 bits per heavy atom. The number of rotatable bonds is 3. The van der Waals surface area contributed by atoms with Crippen molar-refractivity contribution in [1.82, 2.24) is 4.98 Å². The van der Waals surface area contributed by atoms with Crippen molar-refractivity contribution in [2.75, 3.05) is 6.73 Å². The van der Waals surface area contributed by atoms with Gasteiger partial charge in [-0.25, -0.2) is 4.79 Å². The second kappa shape index (κ2) is 7.35. The van der Waals surface area contributed by atoms with Crippen LogP contribution in [0.1, 0.15) is 11.1 Å². The standard InChI is InChI=1S/C23H17ClN2O3/c24-20-10-18-17(16-4-2-1-3-5-16)11-21(27)29-22(18)19-13-26(14-28-23(19)20)12-15-6-8-25-9-7-15/h1-11H,12-14H2/p+1. The summed E-state index contributed by atoms with van der Waals surface area (Å²) >= 11 is 6.57. The van der Waals surface area contributed by atoms with Crippen LogP contribution in [-0.2, 0) is 13.1 Å². The van der Waals surface area contributed by atoms with E-state index in [1.807, 2.05) is 48.5 Å². The fourth-order valence-corrected chi connectivity index (χ4v) is 4.14. The van der Waals surface area contributed by atoms with Crippen LogP contribution in [0.3, 0.4) is 0 Å². The molecule has 4 aromatic rings. The number of nitrogens with one attached hydrogen (secondary N) is 1. The van der Waals surface area contributed by atoms with Crippen LogP contribution in [0, 0.1) is 0 Å². The summed E-state index contributed by atoms with van der Waals surface area (Å²) in [6.07, 6.45) is 3.57. The van der Waals surface area contributed by atoms with E-state index in [2.05, 4.69) is 4.98 Å². The molecule has 1 unspecified atom stereocenters. The molecular formula is C23H18ClN2O3+. The predicted molar refractivity (Wildman–Crippen MR) is 111 cm³/mol. The molecule has 0 amide bonds. The highest BCUT2D eigenvalue weighted by Gasteiger charge is 2.28. The summed E-state index contributed by atoms with van der Waals surface area (Å²) in [5, 5.41) is 1.34. The Balaban J connectivity index is 1.63. The minimum atomic E-state index is -0.387. The van der Waals surface area contributed by atoms with Gasteiger partial charge in [0.2, 0.25) is 6.73 Å². The van der Waals surface area contributed by atoms with E-state index in [-0.39, 0.29) is 5.63 Å². The van der Waals surface area contributed by atoms with Crippen molar-refractivity contribution in [2.24, 2.45) is 0 Å². The SMILES string of the molecule is O=c1cc(-c2ccccc2)c2cc(Cl)c3c(c2o1)C[NH+](Cc1ccncc1)CO3. The van der Waals surface area contributed by atoms with Gasteiger partial charge in [0, 0.05) is 29.4 Å². The van der Waals surface area contributed by atoms with Gasteiger partial charge in [-0.3, -0.25) is 9.88 Å². The summed E-state index contributed by atoms with van der Waals surface area (Å²) in [7, 11) is 0. The van der Waals surface area contributed by atoms with Gasteiger partial charge < -0.3 is 9.15 Å². The third kappa shape index (κ3) is 3.39. The lowest BCUT2D eigenvalue weighted by Crippen LogP contribution is -3.10. The Hall–Kier alpha value is -3.15. The van der Waals surface area contributed by atoms with E-state index in [9.17, 15) is 4.79 Å². The number of halogens is 1. The molecule has 3 heterocycles. The molecule has 29 heavy (non-hydrogen) atoms. The molecule has 144 valence electrons. The number of benzene rings is 2. The number of hydrogen-bond acceptors (Lipinski definition) is 4. The van der Waals surface area contributed by atoms with Gasteiger partial charge in [-0.1, -0.05) is 41.9 Å². The van der Waals surface area contributed by atoms with Crippen molar-refractivity contribution in [1.29, 1.82) is 0 Å². The first-order valence-electron chi connectivity index (χ1n) is 9.39. The maximum absolute atomic E-state index is 12.4. The monoisotopic (exact) mass is 405 g/mol. The highest BCUT2D eigenvalue weighted by Crippen LogP contribution is 2.39. The fourth-order valence-electron chi connectivity index (χ4n) is 3.86. The van der Waals surface area contributed by atoms with Gasteiger partial charge in [0.1, 0.15) is 13.1 Å². The molecule has 0 radical (unpaired) electrons. The van der Waals surface area contributed by atoms with E-state index in [0.29, 0.717) is 29.6 Å². The van der Waals surface area contributed by atoms with Crippen molar-refractivity contribution >= 4 is 22.6 Å². The topological polar surface area (TPSA) is 56.8 Å². The van der Waals surface area contributed by atoms with Crippen LogP contribution in [0.5, 0.6) is 5.75 Å². The average molecular weight is 406 g/mol. The Bertz CT molecular complexity index is 1240. The van der Waals surface area contributed by atoms with Crippen molar-refractivity contribution in [3.63, 3.8) is 0 Å². The lowest BCUT2D eigenvalue weighted by atomic mass is 9.99. The zero-order chi connectivity index (χ0) is 19.8. The predicted octanol–water partition coefficient (Wildman–Crippen LogP) is 3.44. The summed E-state index contributed by atoms with van der Waals surface area (Å²) in [4.78, 5) is 17.6. The van der Waals surface area contributed by atoms with E-state index in [4.69, 9.17) is 20.8 Å². The van der Waals surface area contributed by atoms with E-state index in [1.165, 1.54) is 16.5 Å². The molecule has 0 saturated heterocycles. The van der Waals surface area contributed by atoms with Crippen molar-refractivity contribution in [2.45, 2.75) is 13.1 Å². The third-order valence-corrected chi connectivity index (χ3v) is 5.45. The van der Waals surface area contributed by atoms with Crippen LogP contribution in [0.25, 0.3) is 22.1 Å². The van der Waals surface area contributed by atoms with E-state index >= 15 is 0 Å². The lowest BCUT2D eigenvalue weighted by Gasteiger charge is -2.27. The molecule has 2 aromatic carbocycles. The highest BCUT2D eigenvalue weighted by molar-refractivity contribution is 6.33. The lowest BCUT2D eigenvalue weighted by molar-refractivity contribution is -0.945. The number of hydrogen-bond donors (Lipinski definition) is 1. The number of fused-ring (bicyclic) bond motifs is 3. The molecule has 1 aliphatic rings. The maximum Gasteiger partial charge on any atom is 0.336 e. The van der Waals surface area contributed by atoms with Gasteiger partial charge in [0.25, 0.3) is 0 Å². The highest BCUT2D eigenvalue weighted by atomic mass is 35.5. The number of quaternary nitrogens is 1. The molecule has 1 N–H and O–H groups in total. The zero-order valence-electron chi connectivity index (χ0n) is 15.5. The first kappa shape index (κ1) is 17.9. The van der Waals surface area contributed by atoms with Crippen molar-refractivity contribution in [3.05, 3.63) is 93.6 Å². The van der Waals surface area contributed by atoms with Gasteiger partial charge in [0.15, 0.2) is 11.3 Å². The summed E-state index contributed by atoms with van der Waals surface area (Å²) in [5.74, 6) is 0.603. The van der Waals surface area contributed by atoms with Gasteiger partial charge in [0.05, 0.1) is 10.6 Å². The smallest absolute Gasteiger partial charge is 0.336 e. The fraction of sp³-hybridized carbons (Fsp3) is 0.130. The van der Waals surface area contributed by atoms with E-state index < -0.39 is 0 Å². The van der Waals surface area contributed by atoms with Crippen LogP contribution in [0.15, 0.2) is 76.2 Å². The maximum atomic E-state index is 12.4. The second-order valence-corrected chi connectivity index (χ2v) is 7.54. The van der Waals surface area contributed by atoms with Crippen LogP contribution < -0.4 is 15.3 Å². The first-order chi connectivity index (χ1) is 14.2. The Morgan fingerprint density at radius 3 is 2.66 bits per heavy atom. The summed E-state index contributed by atoms with van der Waals surface area (Å²) in [6, 6.07) is 17.1. The van der Waals surface area contributed by atoms with Gasteiger partial charge in [-0.15, -0.1) is 0 Å². The van der Waals surface area contributed by atoms with Gasteiger partial charge in [-0.2, -0.15) is 0 Å². The quantitative estimate of drug-likeness (QED) is 0.530. The average Bonchev–Trinajstić information content (AvgIpc) is 2.75. The molecule has 5 nitrogen and oxygen atoms in total. The summed E-state index contributed by atoms with van der Waals surface area (Å²) < 4.78 is 11.6. The van der Waals surface area contributed by atoms with Crippen LogP contribution in [-0.4, -0.2) is 11.7 Å². The molecule has 1 aliphatic heterocycles. The minimum absolute atomic E-state index is 0.387. The number of ether oxygens (including phenoxy) is 1. The van der Waals surface area contributed by atoms with Gasteiger partial charge >= 0.3 is 5.63 Å². The van der Waals surface area contributed by atoms with Crippen LogP contribution >= 0.6 is 11.6 Å². The largest absolute Gasteiger partial charge is 0.443 e. The number of aromatic nitrogens is 1. The van der Waals surface area contributed by atoms with E-state index in [0.717, 1.165) is 28.6 Å². The summed E-state index contributed by atoms with van der Waals surface area (Å²) in [5.41, 5.74) is 3.91. The number of pyridine rings is 1. The van der Waals surface area contributed by atoms with Crippen molar-refractivity contribution in [3.8, 4) is 16.9 Å². The minimum Gasteiger partial charge on any atom is -0.443 e. The molecule has 0 aliphatic carbocycles.